The van der Waals surface area contributed by atoms with Crippen LogP contribution >= 0.6 is 0 Å². The first-order valence-electron chi connectivity index (χ1n) is 10.0. The summed E-state index contributed by atoms with van der Waals surface area (Å²) in [5.74, 6) is 0.193. The topological polar surface area (TPSA) is 66.6 Å². The lowest BCUT2D eigenvalue weighted by molar-refractivity contribution is 0.253. The number of urea groups is 1. The number of primary amides is 1. The van der Waals surface area contributed by atoms with Gasteiger partial charge in [0, 0.05) is 12.2 Å². The number of rotatable bonds is 14. The van der Waals surface area contributed by atoms with Crippen LogP contribution in [-0.4, -0.2) is 17.7 Å². The molecular weight excluding hydrogens is 312 g/mol. The molecule has 0 aliphatic carbocycles. The van der Waals surface area contributed by atoms with Gasteiger partial charge in [0.2, 0.25) is 0 Å². The predicted molar refractivity (Wildman–Crippen MR) is 106 cm³/mol. The Morgan fingerprint density at radius 2 is 1.28 bits per heavy atom. The van der Waals surface area contributed by atoms with Gasteiger partial charge in [-0.1, -0.05) is 77.6 Å². The number of hydrogen-bond donors (Lipinski definition) is 2. The molecule has 0 radical (unpaired) electrons. The van der Waals surface area contributed by atoms with Crippen LogP contribution in [0.1, 0.15) is 84.0 Å². The van der Waals surface area contributed by atoms with Gasteiger partial charge in [-0.25, -0.2) is 4.79 Å². The Morgan fingerprint density at radius 3 is 1.72 bits per heavy atom. The van der Waals surface area contributed by atoms with Crippen molar-refractivity contribution in [2.24, 2.45) is 5.73 Å². The summed E-state index contributed by atoms with van der Waals surface area (Å²) in [6, 6.07) is 6.16. The molecule has 0 aliphatic rings. The summed E-state index contributed by atoms with van der Waals surface area (Å²) in [5, 5.41) is 9.33. The fourth-order valence-electron chi connectivity index (χ4n) is 3.11. The molecule has 0 atom stereocenters. The molecule has 0 heterocycles. The molecule has 0 bridgehead atoms. The van der Waals surface area contributed by atoms with Crippen LogP contribution in [0.4, 0.5) is 10.5 Å². The van der Waals surface area contributed by atoms with Crippen molar-refractivity contribution < 1.29 is 9.90 Å². The second kappa shape index (κ2) is 13.6. The molecule has 1 aromatic carbocycles. The monoisotopic (exact) mass is 348 g/mol. The summed E-state index contributed by atoms with van der Waals surface area (Å²) < 4.78 is 0. The lowest BCUT2D eigenvalue weighted by atomic mass is 10.1. The van der Waals surface area contributed by atoms with E-state index in [1.807, 2.05) is 0 Å². The third-order valence-electron chi connectivity index (χ3n) is 4.66. The maximum absolute atomic E-state index is 11.6. The van der Waals surface area contributed by atoms with Crippen LogP contribution in [0.5, 0.6) is 5.75 Å². The lowest BCUT2D eigenvalue weighted by Gasteiger charge is -2.20. The fourth-order valence-corrected chi connectivity index (χ4v) is 3.11. The van der Waals surface area contributed by atoms with E-state index in [0.29, 0.717) is 6.54 Å². The van der Waals surface area contributed by atoms with E-state index in [1.54, 1.807) is 29.2 Å². The number of aromatic hydroxyl groups is 1. The quantitative estimate of drug-likeness (QED) is 0.406. The molecule has 4 heteroatoms. The SMILES string of the molecule is CCCCCCCCCCCCCCN(C(N)=O)c1ccc(O)cc1. The number of hydrogen-bond acceptors (Lipinski definition) is 2. The minimum atomic E-state index is -0.436. The van der Waals surface area contributed by atoms with Gasteiger partial charge in [0.1, 0.15) is 5.75 Å². The normalized spacial score (nSPS) is 10.8. The smallest absolute Gasteiger partial charge is 0.319 e. The van der Waals surface area contributed by atoms with Gasteiger partial charge >= 0.3 is 6.03 Å². The van der Waals surface area contributed by atoms with Crippen LogP contribution in [-0.2, 0) is 0 Å². The first-order valence-corrected chi connectivity index (χ1v) is 10.0. The van der Waals surface area contributed by atoms with E-state index in [4.69, 9.17) is 5.73 Å². The van der Waals surface area contributed by atoms with E-state index in [-0.39, 0.29) is 5.75 Å². The highest BCUT2D eigenvalue weighted by Crippen LogP contribution is 2.19. The van der Waals surface area contributed by atoms with Gasteiger partial charge in [0.05, 0.1) is 0 Å². The number of phenols is 1. The third-order valence-corrected chi connectivity index (χ3v) is 4.66. The molecule has 2 amide bonds. The summed E-state index contributed by atoms with van der Waals surface area (Å²) in [6.45, 7) is 2.89. The Morgan fingerprint density at radius 1 is 0.840 bits per heavy atom. The zero-order valence-corrected chi connectivity index (χ0v) is 15.9. The van der Waals surface area contributed by atoms with E-state index in [9.17, 15) is 9.90 Å². The van der Waals surface area contributed by atoms with E-state index in [1.165, 1.54) is 64.2 Å². The van der Waals surface area contributed by atoms with Crippen molar-refractivity contribution in [1.82, 2.24) is 0 Å². The molecule has 0 unspecified atom stereocenters. The van der Waals surface area contributed by atoms with Gasteiger partial charge < -0.3 is 10.8 Å². The Kier molecular flexibility index (Phi) is 11.6. The van der Waals surface area contributed by atoms with Crippen LogP contribution in [0, 0.1) is 0 Å². The summed E-state index contributed by atoms with van der Waals surface area (Å²) >= 11 is 0. The highest BCUT2D eigenvalue weighted by molar-refractivity contribution is 5.90. The number of nitrogens with zero attached hydrogens (tertiary/aromatic N) is 1. The van der Waals surface area contributed by atoms with E-state index in [0.717, 1.165) is 18.5 Å². The van der Waals surface area contributed by atoms with Crippen LogP contribution in [0.25, 0.3) is 0 Å². The van der Waals surface area contributed by atoms with Gasteiger partial charge in [-0.05, 0) is 30.7 Å². The third kappa shape index (κ3) is 10.0. The fraction of sp³-hybridized carbons (Fsp3) is 0.667. The highest BCUT2D eigenvalue weighted by Gasteiger charge is 2.11. The molecule has 0 spiro atoms. The zero-order chi connectivity index (χ0) is 18.3. The molecule has 25 heavy (non-hydrogen) atoms. The number of phenolic OH excluding ortho intramolecular Hbond substituents is 1. The summed E-state index contributed by atoms with van der Waals surface area (Å²) in [5.41, 5.74) is 6.21. The van der Waals surface area contributed by atoms with Gasteiger partial charge in [0.15, 0.2) is 0 Å². The summed E-state index contributed by atoms with van der Waals surface area (Å²) in [7, 11) is 0. The zero-order valence-electron chi connectivity index (χ0n) is 15.9. The van der Waals surface area contributed by atoms with Crippen molar-refractivity contribution in [3.05, 3.63) is 24.3 Å². The molecule has 1 aromatic rings. The molecule has 0 saturated heterocycles. The van der Waals surface area contributed by atoms with Crippen LogP contribution < -0.4 is 10.6 Å². The van der Waals surface area contributed by atoms with E-state index >= 15 is 0 Å². The molecule has 0 fully saturated rings. The Bertz CT molecular complexity index is 459. The maximum Gasteiger partial charge on any atom is 0.319 e. The average molecular weight is 349 g/mol. The van der Waals surface area contributed by atoms with Crippen LogP contribution in [0.15, 0.2) is 24.3 Å². The van der Waals surface area contributed by atoms with E-state index in [2.05, 4.69) is 6.92 Å². The summed E-state index contributed by atoms with van der Waals surface area (Å²) in [6.07, 6.45) is 15.5. The van der Waals surface area contributed by atoms with Crippen molar-refractivity contribution in [2.75, 3.05) is 11.4 Å². The predicted octanol–water partition coefficient (Wildman–Crippen LogP) is 5.98. The summed E-state index contributed by atoms with van der Waals surface area (Å²) in [4.78, 5) is 13.2. The Balaban J connectivity index is 2.05. The highest BCUT2D eigenvalue weighted by atomic mass is 16.3. The second-order valence-electron chi connectivity index (χ2n) is 6.90. The minimum absolute atomic E-state index is 0.193. The first-order chi connectivity index (χ1) is 12.1. The molecular formula is C21H36N2O2. The Hall–Kier alpha value is -1.71. The van der Waals surface area contributed by atoms with Gasteiger partial charge in [0.25, 0.3) is 0 Å². The molecule has 4 nitrogen and oxygen atoms in total. The van der Waals surface area contributed by atoms with Crippen molar-refractivity contribution in [1.29, 1.82) is 0 Å². The number of benzene rings is 1. The first kappa shape index (κ1) is 21.3. The molecule has 1 rings (SSSR count). The van der Waals surface area contributed by atoms with Crippen LogP contribution in [0.2, 0.25) is 0 Å². The number of carbonyl (C=O) groups excluding carboxylic acids is 1. The van der Waals surface area contributed by atoms with Crippen molar-refractivity contribution >= 4 is 11.7 Å². The average Bonchev–Trinajstić information content (AvgIpc) is 2.60. The number of carbonyl (C=O) groups is 1. The van der Waals surface area contributed by atoms with Gasteiger partial charge in [-0.3, -0.25) is 4.90 Å². The number of anilines is 1. The second-order valence-corrected chi connectivity index (χ2v) is 6.90. The molecule has 0 aliphatic heterocycles. The van der Waals surface area contributed by atoms with Crippen LogP contribution in [0.3, 0.4) is 0 Å². The molecule has 0 saturated carbocycles. The standard InChI is InChI=1S/C21H36N2O2/c1-2-3-4-5-6-7-8-9-10-11-12-13-18-23(21(22)25)19-14-16-20(24)17-15-19/h14-17,24H,2-13,18H2,1H3,(H2,22,25). The lowest BCUT2D eigenvalue weighted by Crippen LogP contribution is -2.36. The molecule has 3 N–H and O–H groups in total. The maximum atomic E-state index is 11.6. The molecule has 0 aromatic heterocycles. The number of unbranched alkanes of at least 4 members (excludes halogenated alkanes) is 11. The number of amides is 2. The van der Waals surface area contributed by atoms with Gasteiger partial charge in [-0.2, -0.15) is 0 Å². The minimum Gasteiger partial charge on any atom is -0.508 e. The molecule has 142 valence electrons. The van der Waals surface area contributed by atoms with Crippen molar-refractivity contribution in [2.45, 2.75) is 84.0 Å². The number of nitrogens with two attached hydrogens (primary N) is 1. The van der Waals surface area contributed by atoms with Crippen molar-refractivity contribution in [3.8, 4) is 5.75 Å². The largest absolute Gasteiger partial charge is 0.508 e. The van der Waals surface area contributed by atoms with Crippen molar-refractivity contribution in [3.63, 3.8) is 0 Å². The van der Waals surface area contributed by atoms with E-state index < -0.39 is 6.03 Å². The van der Waals surface area contributed by atoms with Gasteiger partial charge in [-0.15, -0.1) is 0 Å². The Labute approximate surface area is 153 Å².